The van der Waals surface area contributed by atoms with Crippen LogP contribution in [0.2, 0.25) is 0 Å². The van der Waals surface area contributed by atoms with E-state index in [0.717, 1.165) is 25.3 Å². The molecule has 1 saturated carbocycles. The van der Waals surface area contributed by atoms with Crippen molar-refractivity contribution in [1.29, 1.82) is 0 Å². The maximum absolute atomic E-state index is 11.3. The summed E-state index contributed by atoms with van der Waals surface area (Å²) in [5, 5.41) is 8.81. The van der Waals surface area contributed by atoms with Crippen molar-refractivity contribution in [2.24, 2.45) is 5.92 Å². The molecule has 1 aliphatic carbocycles. The summed E-state index contributed by atoms with van der Waals surface area (Å²) in [4.78, 5) is 28.7. The Morgan fingerprint density at radius 3 is 2.88 bits per heavy atom. The van der Waals surface area contributed by atoms with Crippen molar-refractivity contribution in [2.75, 3.05) is 0 Å². The Kier molecular flexibility index (Phi) is 2.77. The van der Waals surface area contributed by atoms with E-state index in [-0.39, 0.29) is 17.2 Å². The van der Waals surface area contributed by atoms with Gasteiger partial charge in [-0.2, -0.15) is 0 Å². The van der Waals surface area contributed by atoms with E-state index in [1.165, 1.54) is 0 Å². The number of hydrogen-bond acceptors (Lipinski definition) is 3. The van der Waals surface area contributed by atoms with Gasteiger partial charge in [-0.05, 0) is 25.2 Å². The summed E-state index contributed by atoms with van der Waals surface area (Å²) in [6, 6.07) is 1.02. The number of carboxylic acids is 1. The standard InChI is InChI=1S/C11H14N2O3/c1-6-2-3-7(4-6)10-12-8(11(15)16)5-9(14)13-10/h5-7H,2-4H2,1H3,(H,15,16)(H,12,13,14). The van der Waals surface area contributed by atoms with Gasteiger partial charge in [0.05, 0.1) is 0 Å². The van der Waals surface area contributed by atoms with Crippen molar-refractivity contribution < 1.29 is 9.90 Å². The molecule has 1 heterocycles. The number of carboxylic acid groups (broad SMARTS) is 1. The number of hydrogen-bond donors (Lipinski definition) is 2. The lowest BCUT2D eigenvalue weighted by atomic mass is 10.1. The second kappa shape index (κ2) is 4.08. The van der Waals surface area contributed by atoms with Crippen LogP contribution in [0.3, 0.4) is 0 Å². The van der Waals surface area contributed by atoms with Crippen molar-refractivity contribution in [3.63, 3.8) is 0 Å². The smallest absolute Gasteiger partial charge is 0.354 e. The monoisotopic (exact) mass is 222 g/mol. The lowest BCUT2D eigenvalue weighted by molar-refractivity contribution is 0.0689. The average Bonchev–Trinajstić information content (AvgIpc) is 2.64. The third-order valence-corrected chi connectivity index (χ3v) is 3.06. The van der Waals surface area contributed by atoms with Crippen LogP contribution in [0.15, 0.2) is 10.9 Å². The van der Waals surface area contributed by atoms with Crippen molar-refractivity contribution in [1.82, 2.24) is 9.97 Å². The molecule has 2 atom stereocenters. The van der Waals surface area contributed by atoms with E-state index in [0.29, 0.717) is 11.7 Å². The minimum atomic E-state index is -1.15. The van der Waals surface area contributed by atoms with Gasteiger partial charge in [-0.15, -0.1) is 0 Å². The van der Waals surface area contributed by atoms with Gasteiger partial charge in [0.25, 0.3) is 5.56 Å². The first-order chi connectivity index (χ1) is 7.56. The number of carbonyl (C=O) groups is 1. The molecule has 5 heteroatoms. The highest BCUT2D eigenvalue weighted by atomic mass is 16.4. The van der Waals surface area contributed by atoms with Gasteiger partial charge >= 0.3 is 5.97 Å². The van der Waals surface area contributed by atoms with Crippen LogP contribution in [0.4, 0.5) is 0 Å². The molecular formula is C11H14N2O3. The number of H-pyrrole nitrogens is 1. The van der Waals surface area contributed by atoms with Crippen LogP contribution in [-0.4, -0.2) is 21.0 Å². The van der Waals surface area contributed by atoms with Gasteiger partial charge in [0.2, 0.25) is 0 Å². The number of aromatic amines is 1. The van der Waals surface area contributed by atoms with E-state index >= 15 is 0 Å². The summed E-state index contributed by atoms with van der Waals surface area (Å²) in [5.74, 6) is 0.179. The molecule has 0 aromatic carbocycles. The molecule has 1 aromatic rings. The van der Waals surface area contributed by atoms with E-state index in [4.69, 9.17) is 5.11 Å². The summed E-state index contributed by atoms with van der Waals surface area (Å²) in [6.07, 6.45) is 3.03. The molecular weight excluding hydrogens is 208 g/mol. The summed E-state index contributed by atoms with van der Waals surface area (Å²) >= 11 is 0. The average molecular weight is 222 g/mol. The highest BCUT2D eigenvalue weighted by Gasteiger charge is 2.25. The first-order valence-corrected chi connectivity index (χ1v) is 5.41. The van der Waals surface area contributed by atoms with Gasteiger partial charge in [0.15, 0.2) is 5.69 Å². The molecule has 2 rings (SSSR count). The molecule has 2 N–H and O–H groups in total. The molecule has 5 nitrogen and oxygen atoms in total. The molecule has 1 aromatic heterocycles. The van der Waals surface area contributed by atoms with Gasteiger partial charge in [0.1, 0.15) is 5.82 Å². The number of nitrogens with one attached hydrogen (secondary N) is 1. The third-order valence-electron chi connectivity index (χ3n) is 3.06. The molecule has 1 aliphatic rings. The second-order valence-electron chi connectivity index (χ2n) is 4.44. The summed E-state index contributed by atoms with van der Waals surface area (Å²) in [6.45, 7) is 2.15. The minimum absolute atomic E-state index is 0.168. The van der Waals surface area contributed by atoms with Crippen LogP contribution in [0, 0.1) is 5.92 Å². The van der Waals surface area contributed by atoms with Crippen LogP contribution in [-0.2, 0) is 0 Å². The molecule has 16 heavy (non-hydrogen) atoms. The van der Waals surface area contributed by atoms with Gasteiger partial charge in [0, 0.05) is 12.0 Å². The summed E-state index contributed by atoms with van der Waals surface area (Å²) in [7, 11) is 0. The van der Waals surface area contributed by atoms with Crippen LogP contribution in [0.5, 0.6) is 0 Å². The molecule has 0 amide bonds. The Labute approximate surface area is 92.5 Å². The summed E-state index contributed by atoms with van der Waals surface area (Å²) < 4.78 is 0. The minimum Gasteiger partial charge on any atom is -0.477 e. The van der Waals surface area contributed by atoms with Crippen LogP contribution >= 0.6 is 0 Å². The fourth-order valence-electron chi connectivity index (χ4n) is 2.23. The lowest BCUT2D eigenvalue weighted by Gasteiger charge is -2.08. The Morgan fingerprint density at radius 2 is 2.31 bits per heavy atom. The molecule has 86 valence electrons. The molecule has 0 aliphatic heterocycles. The SMILES string of the molecule is CC1CCC(c2nc(C(=O)O)cc(=O)[nH]2)C1. The topological polar surface area (TPSA) is 83.0 Å². The zero-order valence-corrected chi connectivity index (χ0v) is 9.06. The van der Waals surface area contributed by atoms with Gasteiger partial charge in [-0.25, -0.2) is 9.78 Å². The molecule has 2 unspecified atom stereocenters. The van der Waals surface area contributed by atoms with E-state index in [1.807, 2.05) is 0 Å². The predicted molar refractivity (Wildman–Crippen MR) is 57.6 cm³/mol. The number of rotatable bonds is 2. The highest BCUT2D eigenvalue weighted by molar-refractivity contribution is 5.85. The van der Waals surface area contributed by atoms with E-state index < -0.39 is 5.97 Å². The number of nitrogens with zero attached hydrogens (tertiary/aromatic N) is 1. The maximum atomic E-state index is 11.3. The lowest BCUT2D eigenvalue weighted by Crippen LogP contribution is -2.17. The van der Waals surface area contributed by atoms with Crippen molar-refractivity contribution >= 4 is 5.97 Å². The van der Waals surface area contributed by atoms with Crippen LogP contribution in [0.25, 0.3) is 0 Å². The fraction of sp³-hybridized carbons (Fsp3) is 0.545. The summed E-state index contributed by atoms with van der Waals surface area (Å²) in [5.41, 5.74) is -0.555. The Hall–Kier alpha value is -1.65. The molecule has 0 spiro atoms. The van der Waals surface area contributed by atoms with Crippen molar-refractivity contribution in [3.05, 3.63) is 27.9 Å². The molecule has 0 radical (unpaired) electrons. The van der Waals surface area contributed by atoms with E-state index in [1.54, 1.807) is 0 Å². The maximum Gasteiger partial charge on any atom is 0.354 e. The highest BCUT2D eigenvalue weighted by Crippen LogP contribution is 2.35. The van der Waals surface area contributed by atoms with Gasteiger partial charge < -0.3 is 10.1 Å². The molecule has 0 bridgehead atoms. The Balaban J connectivity index is 2.34. The van der Waals surface area contributed by atoms with Gasteiger partial charge in [-0.3, -0.25) is 4.79 Å². The second-order valence-corrected chi connectivity index (χ2v) is 4.44. The predicted octanol–water partition coefficient (Wildman–Crippen LogP) is 1.37. The number of aromatic nitrogens is 2. The first kappa shape index (κ1) is 10.9. The van der Waals surface area contributed by atoms with Crippen LogP contribution < -0.4 is 5.56 Å². The molecule has 1 fully saturated rings. The zero-order chi connectivity index (χ0) is 11.7. The van der Waals surface area contributed by atoms with Crippen LogP contribution in [0.1, 0.15) is 48.4 Å². The van der Waals surface area contributed by atoms with Crippen molar-refractivity contribution in [2.45, 2.75) is 32.1 Å². The quantitative estimate of drug-likeness (QED) is 0.791. The van der Waals surface area contributed by atoms with Gasteiger partial charge in [-0.1, -0.05) is 6.92 Å². The first-order valence-electron chi connectivity index (χ1n) is 5.41. The van der Waals surface area contributed by atoms with E-state index in [9.17, 15) is 9.59 Å². The molecule has 0 saturated heterocycles. The fourth-order valence-corrected chi connectivity index (χ4v) is 2.23. The Bertz CT molecular complexity index is 467. The zero-order valence-electron chi connectivity index (χ0n) is 9.06. The Morgan fingerprint density at radius 1 is 1.56 bits per heavy atom. The van der Waals surface area contributed by atoms with Crippen molar-refractivity contribution in [3.8, 4) is 0 Å². The third kappa shape index (κ3) is 2.13. The largest absolute Gasteiger partial charge is 0.477 e. The number of aromatic carboxylic acids is 1. The normalized spacial score (nSPS) is 24.6. The van der Waals surface area contributed by atoms with E-state index in [2.05, 4.69) is 16.9 Å².